The molecule has 1 aromatic heterocycles. The van der Waals surface area contributed by atoms with Gasteiger partial charge in [0.25, 0.3) is 5.91 Å². The molecular formula is C20H24N2O3S. The van der Waals surface area contributed by atoms with Crippen LogP contribution >= 0.6 is 11.3 Å². The first-order chi connectivity index (χ1) is 12.7. The average Bonchev–Trinajstić information content (AvgIpc) is 3.23. The van der Waals surface area contributed by atoms with Gasteiger partial charge in [-0.25, -0.2) is 0 Å². The van der Waals surface area contributed by atoms with Crippen molar-refractivity contribution in [3.63, 3.8) is 0 Å². The van der Waals surface area contributed by atoms with Gasteiger partial charge in [-0.2, -0.15) is 0 Å². The lowest BCUT2D eigenvalue weighted by Gasteiger charge is -2.31. The maximum Gasteiger partial charge on any atom is 0.263 e. The van der Waals surface area contributed by atoms with E-state index in [1.807, 2.05) is 52.7 Å². The Labute approximate surface area is 158 Å². The molecule has 5 nitrogen and oxygen atoms in total. The SMILES string of the molecule is COC(CNC(=O)C1CCN(C(=O)c2cccs2)CC1)c1ccccc1. The predicted molar refractivity (Wildman–Crippen MR) is 102 cm³/mol. The number of piperidine rings is 1. The van der Waals surface area contributed by atoms with Gasteiger partial charge in [-0.05, 0) is 29.9 Å². The van der Waals surface area contributed by atoms with Crippen molar-refractivity contribution in [3.8, 4) is 0 Å². The molecule has 1 fully saturated rings. The molecule has 138 valence electrons. The Balaban J connectivity index is 1.47. The highest BCUT2D eigenvalue weighted by atomic mass is 32.1. The first kappa shape index (κ1) is 18.6. The minimum absolute atomic E-state index is 0.0457. The minimum Gasteiger partial charge on any atom is -0.375 e. The van der Waals surface area contributed by atoms with E-state index >= 15 is 0 Å². The molecule has 0 aliphatic carbocycles. The van der Waals surface area contributed by atoms with E-state index in [2.05, 4.69) is 5.32 Å². The number of rotatable bonds is 6. The summed E-state index contributed by atoms with van der Waals surface area (Å²) in [5, 5.41) is 4.92. The van der Waals surface area contributed by atoms with Crippen molar-refractivity contribution in [1.82, 2.24) is 10.2 Å². The maximum atomic E-state index is 12.5. The second kappa shape index (κ2) is 8.96. The van der Waals surface area contributed by atoms with E-state index in [4.69, 9.17) is 4.74 Å². The number of methoxy groups -OCH3 is 1. The predicted octanol–water partition coefficient (Wildman–Crippen LogP) is 3.10. The zero-order valence-electron chi connectivity index (χ0n) is 14.9. The topological polar surface area (TPSA) is 58.6 Å². The van der Waals surface area contributed by atoms with Crippen molar-refractivity contribution in [2.45, 2.75) is 18.9 Å². The van der Waals surface area contributed by atoms with Gasteiger partial charge < -0.3 is 15.0 Å². The fourth-order valence-electron chi connectivity index (χ4n) is 3.24. The molecule has 3 rings (SSSR count). The average molecular weight is 372 g/mol. The van der Waals surface area contributed by atoms with Crippen LogP contribution in [0.25, 0.3) is 0 Å². The molecular weight excluding hydrogens is 348 g/mol. The molecule has 1 N–H and O–H groups in total. The van der Waals surface area contributed by atoms with Crippen LogP contribution in [0, 0.1) is 5.92 Å². The van der Waals surface area contributed by atoms with Crippen LogP contribution in [-0.2, 0) is 9.53 Å². The number of hydrogen-bond acceptors (Lipinski definition) is 4. The summed E-state index contributed by atoms with van der Waals surface area (Å²) < 4.78 is 5.50. The van der Waals surface area contributed by atoms with Crippen LogP contribution in [0.15, 0.2) is 47.8 Å². The molecule has 6 heteroatoms. The number of benzene rings is 1. The molecule has 1 atom stereocenters. The summed E-state index contributed by atoms with van der Waals surface area (Å²) in [6.45, 7) is 1.70. The van der Waals surface area contributed by atoms with Crippen LogP contribution in [0.4, 0.5) is 0 Å². The molecule has 0 spiro atoms. The number of nitrogens with one attached hydrogen (secondary N) is 1. The third kappa shape index (κ3) is 4.51. The number of thiophene rings is 1. The first-order valence-corrected chi connectivity index (χ1v) is 9.75. The Morgan fingerprint density at radius 3 is 2.54 bits per heavy atom. The summed E-state index contributed by atoms with van der Waals surface area (Å²) in [6, 6.07) is 13.6. The van der Waals surface area contributed by atoms with Gasteiger partial charge in [0, 0.05) is 32.7 Å². The van der Waals surface area contributed by atoms with Crippen LogP contribution in [-0.4, -0.2) is 43.5 Å². The zero-order valence-corrected chi connectivity index (χ0v) is 15.7. The van der Waals surface area contributed by atoms with Gasteiger partial charge in [-0.1, -0.05) is 36.4 Å². The molecule has 2 amide bonds. The number of nitrogens with zero attached hydrogens (tertiary/aromatic N) is 1. The molecule has 2 heterocycles. The van der Waals surface area contributed by atoms with Crippen molar-refractivity contribution in [3.05, 3.63) is 58.3 Å². The van der Waals surface area contributed by atoms with E-state index in [1.54, 1.807) is 7.11 Å². The van der Waals surface area contributed by atoms with Crippen LogP contribution in [0.5, 0.6) is 0 Å². The molecule has 0 saturated carbocycles. The van der Waals surface area contributed by atoms with Crippen molar-refractivity contribution in [1.29, 1.82) is 0 Å². The minimum atomic E-state index is -0.152. The monoisotopic (exact) mass is 372 g/mol. The Hall–Kier alpha value is -2.18. The van der Waals surface area contributed by atoms with Crippen LogP contribution in [0.1, 0.15) is 34.2 Å². The summed E-state index contributed by atoms with van der Waals surface area (Å²) in [6.07, 6.45) is 1.25. The second-order valence-corrected chi connectivity index (χ2v) is 7.37. The molecule has 1 aliphatic rings. The summed E-state index contributed by atoms with van der Waals surface area (Å²) in [5.74, 6) is 0.0734. The quantitative estimate of drug-likeness (QED) is 0.848. The van der Waals surface area contributed by atoms with E-state index < -0.39 is 0 Å². The van der Waals surface area contributed by atoms with Crippen LogP contribution < -0.4 is 5.32 Å². The van der Waals surface area contributed by atoms with Gasteiger partial charge in [-0.3, -0.25) is 9.59 Å². The number of carbonyl (C=O) groups is 2. The maximum absolute atomic E-state index is 12.5. The Bertz CT molecular complexity index is 710. The van der Waals surface area contributed by atoms with Crippen molar-refractivity contribution >= 4 is 23.2 Å². The normalized spacial score (nSPS) is 16.3. The number of ether oxygens (including phenoxy) is 1. The highest BCUT2D eigenvalue weighted by molar-refractivity contribution is 7.12. The third-order valence-corrected chi connectivity index (χ3v) is 5.66. The fraction of sp³-hybridized carbons (Fsp3) is 0.400. The van der Waals surface area contributed by atoms with Gasteiger partial charge >= 0.3 is 0 Å². The van der Waals surface area contributed by atoms with E-state index in [-0.39, 0.29) is 23.8 Å². The van der Waals surface area contributed by atoms with Gasteiger partial charge in [0.2, 0.25) is 5.91 Å². The van der Waals surface area contributed by atoms with Gasteiger partial charge in [0.1, 0.15) is 0 Å². The Kier molecular flexibility index (Phi) is 6.41. The fourth-order valence-corrected chi connectivity index (χ4v) is 3.93. The zero-order chi connectivity index (χ0) is 18.4. The molecule has 1 saturated heterocycles. The smallest absolute Gasteiger partial charge is 0.263 e. The van der Waals surface area contributed by atoms with Crippen LogP contribution in [0.3, 0.4) is 0 Å². The lowest BCUT2D eigenvalue weighted by Crippen LogP contribution is -2.43. The summed E-state index contributed by atoms with van der Waals surface area (Å²) in [7, 11) is 1.65. The molecule has 26 heavy (non-hydrogen) atoms. The van der Waals surface area contributed by atoms with Crippen molar-refractivity contribution < 1.29 is 14.3 Å². The molecule has 1 aliphatic heterocycles. The molecule has 0 radical (unpaired) electrons. The number of amides is 2. The van der Waals surface area contributed by atoms with E-state index in [1.165, 1.54) is 11.3 Å². The largest absolute Gasteiger partial charge is 0.375 e. The van der Waals surface area contributed by atoms with E-state index in [9.17, 15) is 9.59 Å². The molecule has 1 aromatic carbocycles. The summed E-state index contributed by atoms with van der Waals surface area (Å²) >= 11 is 1.46. The van der Waals surface area contributed by atoms with Gasteiger partial charge in [0.05, 0.1) is 11.0 Å². The van der Waals surface area contributed by atoms with Crippen LogP contribution in [0.2, 0.25) is 0 Å². The standard InChI is InChI=1S/C20H24N2O3S/c1-25-17(15-6-3-2-4-7-15)14-21-19(23)16-9-11-22(12-10-16)20(24)18-8-5-13-26-18/h2-8,13,16-17H,9-12,14H2,1H3,(H,21,23). The first-order valence-electron chi connectivity index (χ1n) is 8.87. The lowest BCUT2D eigenvalue weighted by molar-refractivity contribution is -0.126. The second-order valence-electron chi connectivity index (χ2n) is 6.42. The van der Waals surface area contributed by atoms with E-state index in [0.29, 0.717) is 32.5 Å². The van der Waals surface area contributed by atoms with Gasteiger partial charge in [-0.15, -0.1) is 11.3 Å². The number of carbonyl (C=O) groups excluding carboxylic acids is 2. The molecule has 2 aromatic rings. The van der Waals surface area contributed by atoms with Crippen molar-refractivity contribution in [2.75, 3.05) is 26.7 Å². The Morgan fingerprint density at radius 1 is 1.19 bits per heavy atom. The summed E-state index contributed by atoms with van der Waals surface area (Å²) in [5.41, 5.74) is 1.05. The number of hydrogen-bond donors (Lipinski definition) is 1. The van der Waals surface area contributed by atoms with E-state index in [0.717, 1.165) is 10.4 Å². The third-order valence-electron chi connectivity index (χ3n) is 4.80. The lowest BCUT2D eigenvalue weighted by atomic mass is 9.95. The highest BCUT2D eigenvalue weighted by Gasteiger charge is 2.28. The Morgan fingerprint density at radius 2 is 1.92 bits per heavy atom. The molecule has 0 bridgehead atoms. The van der Waals surface area contributed by atoms with Gasteiger partial charge in [0.15, 0.2) is 0 Å². The highest BCUT2D eigenvalue weighted by Crippen LogP contribution is 2.21. The van der Waals surface area contributed by atoms with Crippen molar-refractivity contribution in [2.24, 2.45) is 5.92 Å². The molecule has 1 unspecified atom stereocenters. The number of likely N-dealkylation sites (tertiary alicyclic amines) is 1. The summed E-state index contributed by atoms with van der Waals surface area (Å²) in [4.78, 5) is 27.5.